The van der Waals surface area contributed by atoms with Crippen molar-refractivity contribution in [3.05, 3.63) is 0 Å². The third-order valence-electron chi connectivity index (χ3n) is 0.311. The van der Waals surface area contributed by atoms with Crippen LogP contribution in [-0.4, -0.2) is 19.8 Å². The summed E-state index contributed by atoms with van der Waals surface area (Å²) in [6, 6.07) is 0. The number of aliphatic hydroxyl groups excluding tert-OH is 1. The molecule has 0 radical (unpaired) electrons. The van der Waals surface area contributed by atoms with Crippen molar-refractivity contribution in [1.29, 1.82) is 0 Å². The van der Waals surface area contributed by atoms with Crippen molar-refractivity contribution in [3.63, 3.8) is 0 Å². The molecule has 1 unspecified atom stereocenters. The van der Waals surface area contributed by atoms with Gasteiger partial charge in [0, 0.05) is 0 Å². The second kappa shape index (κ2) is 2.38. The van der Waals surface area contributed by atoms with E-state index >= 15 is 0 Å². The minimum atomic E-state index is -4.72. The van der Waals surface area contributed by atoms with Gasteiger partial charge in [0.15, 0.2) is 0 Å². The van der Waals surface area contributed by atoms with Crippen molar-refractivity contribution in [2.24, 2.45) is 0 Å². The number of rotatable bonds is 2. The third-order valence-corrected chi connectivity index (χ3v) is 0.934. The van der Waals surface area contributed by atoms with Crippen LogP contribution in [0.15, 0.2) is 0 Å². The van der Waals surface area contributed by atoms with Crippen LogP contribution in [0.25, 0.3) is 0 Å². The Kier molecular flexibility index (Phi) is 2.32. The van der Waals surface area contributed by atoms with Crippen LogP contribution >= 0.6 is 0 Å². The van der Waals surface area contributed by atoms with Crippen LogP contribution in [0.4, 0.5) is 3.89 Å². The van der Waals surface area contributed by atoms with Gasteiger partial charge in [0.2, 0.25) is 0 Å². The Morgan fingerprint density at radius 3 is 2.12 bits per heavy atom. The Morgan fingerprint density at radius 2 is 2.12 bits per heavy atom. The fourth-order valence-corrected chi connectivity index (χ4v) is 0.611. The van der Waals surface area contributed by atoms with Crippen LogP contribution in [0.5, 0.6) is 0 Å². The number of hydrogen-bond acceptors (Lipinski definition) is 3. The molecule has 0 aliphatic heterocycles. The van der Waals surface area contributed by atoms with Gasteiger partial charge in [-0.3, -0.25) is 0 Å². The zero-order valence-electron chi connectivity index (χ0n) is 4.13. The second-order valence-corrected chi connectivity index (χ2v) is 2.34. The van der Waals surface area contributed by atoms with Gasteiger partial charge in [0.1, 0.15) is 6.23 Å². The van der Waals surface area contributed by atoms with Crippen LogP contribution in [0.3, 0.4) is 0 Å². The first-order valence-electron chi connectivity index (χ1n) is 1.82. The molecule has 0 aromatic carbocycles. The summed E-state index contributed by atoms with van der Waals surface area (Å²) in [5.74, 6) is 0. The van der Waals surface area contributed by atoms with Gasteiger partial charge < -0.3 is 5.11 Å². The molecule has 0 aliphatic rings. The number of aliphatic hydroxyl groups is 1. The van der Waals surface area contributed by atoms with Crippen molar-refractivity contribution in [2.75, 3.05) is 0 Å². The summed E-state index contributed by atoms with van der Waals surface area (Å²) in [6.45, 7) is 1.09. The van der Waals surface area contributed by atoms with E-state index in [0.717, 1.165) is 6.92 Å². The predicted octanol–water partition coefficient (Wildman–Crippen LogP) is -0.871. The van der Waals surface area contributed by atoms with Gasteiger partial charge in [0.05, 0.1) is 0 Å². The molecule has 2 N–H and O–H groups in total. The lowest BCUT2D eigenvalue weighted by Crippen LogP contribution is -2.28. The molecule has 0 bridgehead atoms. The molecule has 0 aromatic rings. The van der Waals surface area contributed by atoms with Crippen LogP contribution in [-0.2, 0) is 10.4 Å². The standard InChI is InChI=1S/C2H6FNO3S/c1-2(5)4-8(3,6)7/h2,4-5H,1H3. The van der Waals surface area contributed by atoms with Crippen molar-refractivity contribution in [3.8, 4) is 0 Å². The lowest BCUT2D eigenvalue weighted by Gasteiger charge is -1.98. The zero-order chi connectivity index (χ0) is 6.78. The highest BCUT2D eigenvalue weighted by molar-refractivity contribution is 7.84. The maximum absolute atomic E-state index is 11.3. The Balaban J connectivity index is 3.75. The molecule has 0 spiro atoms. The fraction of sp³-hybridized carbons (Fsp3) is 1.00. The van der Waals surface area contributed by atoms with Crippen molar-refractivity contribution >= 4 is 10.4 Å². The van der Waals surface area contributed by atoms with Crippen LogP contribution in [0.2, 0.25) is 0 Å². The first-order valence-corrected chi connectivity index (χ1v) is 3.20. The molecule has 0 rings (SSSR count). The predicted molar refractivity (Wildman–Crippen MR) is 24.8 cm³/mol. The number of nitrogens with one attached hydrogen (secondary N) is 1. The average Bonchev–Trinajstić information content (AvgIpc) is 1.21. The van der Waals surface area contributed by atoms with Crippen LogP contribution in [0, 0.1) is 0 Å². The molecule has 6 heteroatoms. The first-order chi connectivity index (χ1) is 3.42. The smallest absolute Gasteiger partial charge is 0.374 e. The normalized spacial score (nSPS) is 15.9. The SMILES string of the molecule is CC(O)NS(=O)(=O)F. The van der Waals surface area contributed by atoms with Crippen molar-refractivity contribution < 1.29 is 17.4 Å². The average molecular weight is 143 g/mol. The van der Waals surface area contributed by atoms with Gasteiger partial charge in [-0.15, -0.1) is 0 Å². The van der Waals surface area contributed by atoms with Gasteiger partial charge in [-0.05, 0) is 6.92 Å². The summed E-state index contributed by atoms with van der Waals surface area (Å²) >= 11 is 0. The molecule has 0 heterocycles. The molecular weight excluding hydrogens is 137 g/mol. The summed E-state index contributed by atoms with van der Waals surface area (Å²) in [6.07, 6.45) is -1.37. The highest BCUT2D eigenvalue weighted by Crippen LogP contribution is 1.83. The Morgan fingerprint density at radius 1 is 1.75 bits per heavy atom. The molecule has 0 saturated heterocycles. The molecule has 0 saturated carbocycles. The lowest BCUT2D eigenvalue weighted by atomic mass is 10.7. The fourth-order valence-electron chi connectivity index (χ4n) is 0.204. The number of halogens is 1. The zero-order valence-corrected chi connectivity index (χ0v) is 4.94. The summed E-state index contributed by atoms with van der Waals surface area (Å²) < 4.78 is 31.6. The van der Waals surface area contributed by atoms with E-state index in [-0.39, 0.29) is 0 Å². The van der Waals surface area contributed by atoms with Gasteiger partial charge in [-0.25, -0.2) is 0 Å². The first kappa shape index (κ1) is 7.80. The minimum Gasteiger partial charge on any atom is -0.378 e. The summed E-state index contributed by atoms with van der Waals surface area (Å²) in [5, 5.41) is 8.16. The molecule has 0 amide bonds. The van der Waals surface area contributed by atoms with E-state index in [0.29, 0.717) is 0 Å². The minimum absolute atomic E-state index is 1.09. The monoisotopic (exact) mass is 143 g/mol. The Labute approximate surface area is 46.7 Å². The van der Waals surface area contributed by atoms with Gasteiger partial charge >= 0.3 is 10.4 Å². The third kappa shape index (κ3) is 5.80. The second-order valence-electron chi connectivity index (χ2n) is 1.23. The van der Waals surface area contributed by atoms with E-state index < -0.39 is 16.6 Å². The summed E-state index contributed by atoms with van der Waals surface area (Å²) in [7, 11) is -4.72. The maximum atomic E-state index is 11.3. The summed E-state index contributed by atoms with van der Waals surface area (Å²) in [5.41, 5.74) is 0. The van der Waals surface area contributed by atoms with E-state index in [9.17, 15) is 12.3 Å². The van der Waals surface area contributed by atoms with Crippen molar-refractivity contribution in [2.45, 2.75) is 13.2 Å². The van der Waals surface area contributed by atoms with Crippen LogP contribution < -0.4 is 4.72 Å². The molecule has 1 atom stereocenters. The van der Waals surface area contributed by atoms with E-state index in [1.807, 2.05) is 0 Å². The van der Waals surface area contributed by atoms with Gasteiger partial charge in [-0.2, -0.15) is 13.1 Å². The molecule has 4 nitrogen and oxygen atoms in total. The highest BCUT2D eigenvalue weighted by atomic mass is 32.3. The molecule has 50 valence electrons. The van der Waals surface area contributed by atoms with E-state index in [1.165, 1.54) is 4.72 Å². The maximum Gasteiger partial charge on any atom is 0.374 e. The molecule has 8 heavy (non-hydrogen) atoms. The van der Waals surface area contributed by atoms with Crippen LogP contribution in [0.1, 0.15) is 6.92 Å². The van der Waals surface area contributed by atoms with E-state index in [4.69, 9.17) is 5.11 Å². The van der Waals surface area contributed by atoms with Gasteiger partial charge in [-0.1, -0.05) is 3.89 Å². The van der Waals surface area contributed by atoms with Gasteiger partial charge in [0.25, 0.3) is 0 Å². The molecule has 0 aliphatic carbocycles. The summed E-state index contributed by atoms with van der Waals surface area (Å²) in [4.78, 5) is 0. The van der Waals surface area contributed by atoms with E-state index in [2.05, 4.69) is 0 Å². The topological polar surface area (TPSA) is 66.4 Å². The Hall–Kier alpha value is -0.200. The molecule has 0 aromatic heterocycles. The number of hydrogen-bond donors (Lipinski definition) is 2. The lowest BCUT2D eigenvalue weighted by molar-refractivity contribution is 0.182. The highest BCUT2D eigenvalue weighted by Gasteiger charge is 2.07. The Bertz CT molecular complexity index is 151. The van der Waals surface area contributed by atoms with Crippen molar-refractivity contribution in [1.82, 2.24) is 4.72 Å². The largest absolute Gasteiger partial charge is 0.378 e. The quantitative estimate of drug-likeness (QED) is 0.390. The molecule has 0 fully saturated rings. The molecular formula is C2H6FNO3S. The van der Waals surface area contributed by atoms with E-state index in [1.54, 1.807) is 0 Å².